The number of hydrogen-bond donors (Lipinski definition) is 2. The van der Waals surface area contributed by atoms with Crippen LogP contribution in [0.5, 0.6) is 0 Å². The van der Waals surface area contributed by atoms with Gasteiger partial charge in [0.25, 0.3) is 0 Å². The highest BCUT2D eigenvalue weighted by molar-refractivity contribution is 5.79. The zero-order chi connectivity index (χ0) is 19.6. The van der Waals surface area contributed by atoms with Crippen LogP contribution in [0.2, 0.25) is 0 Å². The average Bonchev–Trinajstić information content (AvgIpc) is 2.76. The third-order valence-corrected chi connectivity index (χ3v) is 5.40. The van der Waals surface area contributed by atoms with Crippen molar-refractivity contribution >= 4 is 5.96 Å². The highest BCUT2D eigenvalue weighted by Crippen LogP contribution is 2.13. The van der Waals surface area contributed by atoms with E-state index in [2.05, 4.69) is 80.9 Å². The van der Waals surface area contributed by atoms with Crippen LogP contribution in [0.25, 0.3) is 0 Å². The van der Waals surface area contributed by atoms with E-state index in [9.17, 15) is 0 Å². The Bertz CT molecular complexity index is 736. The van der Waals surface area contributed by atoms with Crippen LogP contribution in [0.3, 0.4) is 0 Å². The molecule has 1 fully saturated rings. The van der Waals surface area contributed by atoms with Crippen molar-refractivity contribution in [1.82, 2.24) is 20.4 Å². The minimum Gasteiger partial charge on any atom is -0.352 e. The van der Waals surface area contributed by atoms with Crippen molar-refractivity contribution in [1.29, 1.82) is 0 Å². The number of guanidine groups is 1. The highest BCUT2D eigenvalue weighted by atomic mass is 15.3. The zero-order valence-corrected chi connectivity index (χ0v) is 17.2. The van der Waals surface area contributed by atoms with Crippen molar-refractivity contribution in [2.24, 2.45) is 4.99 Å². The van der Waals surface area contributed by atoms with Crippen LogP contribution in [0.15, 0.2) is 59.6 Å². The lowest BCUT2D eigenvalue weighted by atomic mass is 10.1. The molecule has 0 aliphatic carbocycles. The Morgan fingerprint density at radius 3 is 2.11 bits per heavy atom. The maximum atomic E-state index is 4.36. The van der Waals surface area contributed by atoms with Gasteiger partial charge >= 0.3 is 0 Å². The number of likely N-dealkylation sites (N-methyl/N-ethyl adjacent to an activating group) is 1. The van der Waals surface area contributed by atoms with Gasteiger partial charge in [0, 0.05) is 52.9 Å². The van der Waals surface area contributed by atoms with E-state index < -0.39 is 0 Å². The molecule has 2 N–H and O–H groups in total. The molecule has 150 valence electrons. The standard InChI is InChI=1S/C23H33N5/c1-3-27-13-15-28(16-14-27)19-22-12-8-7-11-21(22)18-26-23(24-2)25-17-20-9-5-4-6-10-20/h4-12H,3,13-19H2,1-2H3,(H2,24,25,26). The van der Waals surface area contributed by atoms with Gasteiger partial charge in [-0.15, -0.1) is 0 Å². The molecule has 2 aromatic rings. The summed E-state index contributed by atoms with van der Waals surface area (Å²) < 4.78 is 0. The van der Waals surface area contributed by atoms with Crippen LogP contribution < -0.4 is 10.6 Å². The maximum absolute atomic E-state index is 4.36. The molecule has 0 amide bonds. The van der Waals surface area contributed by atoms with Crippen LogP contribution in [0, 0.1) is 0 Å². The second kappa shape index (κ2) is 10.8. The third kappa shape index (κ3) is 6.08. The predicted octanol–water partition coefficient (Wildman–Crippen LogP) is 2.69. The smallest absolute Gasteiger partial charge is 0.191 e. The van der Waals surface area contributed by atoms with Crippen molar-refractivity contribution in [2.75, 3.05) is 39.8 Å². The molecule has 0 aromatic heterocycles. The highest BCUT2D eigenvalue weighted by Gasteiger charge is 2.16. The van der Waals surface area contributed by atoms with Gasteiger partial charge in [0.05, 0.1) is 0 Å². The topological polar surface area (TPSA) is 42.9 Å². The van der Waals surface area contributed by atoms with Gasteiger partial charge in [0.15, 0.2) is 5.96 Å². The Morgan fingerprint density at radius 1 is 0.821 bits per heavy atom. The lowest BCUT2D eigenvalue weighted by molar-refractivity contribution is 0.131. The first-order valence-corrected chi connectivity index (χ1v) is 10.3. The molecule has 5 nitrogen and oxygen atoms in total. The van der Waals surface area contributed by atoms with Gasteiger partial charge in [-0.05, 0) is 23.2 Å². The van der Waals surface area contributed by atoms with Crippen LogP contribution in [-0.2, 0) is 19.6 Å². The van der Waals surface area contributed by atoms with E-state index in [1.807, 2.05) is 13.1 Å². The van der Waals surface area contributed by atoms with Crippen molar-refractivity contribution in [3.8, 4) is 0 Å². The van der Waals surface area contributed by atoms with E-state index >= 15 is 0 Å². The predicted molar refractivity (Wildman–Crippen MR) is 117 cm³/mol. The minimum atomic E-state index is 0.768. The molecule has 1 heterocycles. The van der Waals surface area contributed by atoms with E-state index in [-0.39, 0.29) is 0 Å². The molecular weight excluding hydrogens is 346 g/mol. The van der Waals surface area contributed by atoms with E-state index in [0.717, 1.165) is 45.2 Å². The Hall–Kier alpha value is -2.37. The Balaban J connectivity index is 1.52. The van der Waals surface area contributed by atoms with Crippen LogP contribution in [0.1, 0.15) is 23.6 Å². The Labute approximate surface area is 169 Å². The number of benzene rings is 2. The first kappa shape index (κ1) is 20.4. The summed E-state index contributed by atoms with van der Waals surface area (Å²) >= 11 is 0. The Kier molecular flexibility index (Phi) is 7.88. The molecule has 0 atom stereocenters. The molecule has 0 saturated carbocycles. The summed E-state index contributed by atoms with van der Waals surface area (Å²) in [6, 6.07) is 19.1. The van der Waals surface area contributed by atoms with Crippen LogP contribution in [0.4, 0.5) is 0 Å². The molecule has 0 bridgehead atoms. The molecule has 5 heteroatoms. The fourth-order valence-electron chi connectivity index (χ4n) is 3.57. The van der Waals surface area contributed by atoms with Gasteiger partial charge in [0.1, 0.15) is 0 Å². The van der Waals surface area contributed by atoms with Gasteiger partial charge < -0.3 is 15.5 Å². The molecule has 2 aromatic carbocycles. The number of nitrogens with one attached hydrogen (secondary N) is 2. The largest absolute Gasteiger partial charge is 0.352 e. The molecule has 3 rings (SSSR count). The molecule has 1 saturated heterocycles. The molecular formula is C23H33N5. The average molecular weight is 380 g/mol. The summed E-state index contributed by atoms with van der Waals surface area (Å²) in [6.45, 7) is 10.6. The summed E-state index contributed by atoms with van der Waals surface area (Å²) in [5.74, 6) is 0.829. The fraction of sp³-hybridized carbons (Fsp3) is 0.435. The summed E-state index contributed by atoms with van der Waals surface area (Å²) in [5.41, 5.74) is 3.98. The van der Waals surface area contributed by atoms with E-state index in [0.29, 0.717) is 0 Å². The molecule has 1 aliphatic rings. The summed E-state index contributed by atoms with van der Waals surface area (Å²) in [7, 11) is 1.82. The van der Waals surface area contributed by atoms with Crippen LogP contribution in [-0.4, -0.2) is 55.5 Å². The van der Waals surface area contributed by atoms with Crippen LogP contribution >= 0.6 is 0 Å². The number of hydrogen-bond acceptors (Lipinski definition) is 3. The van der Waals surface area contributed by atoms with Gasteiger partial charge in [0.2, 0.25) is 0 Å². The molecule has 0 spiro atoms. The van der Waals surface area contributed by atoms with Crippen molar-refractivity contribution in [3.63, 3.8) is 0 Å². The first-order valence-electron chi connectivity index (χ1n) is 10.3. The third-order valence-electron chi connectivity index (χ3n) is 5.40. The molecule has 0 radical (unpaired) electrons. The van der Waals surface area contributed by atoms with E-state index in [1.165, 1.54) is 29.8 Å². The maximum Gasteiger partial charge on any atom is 0.191 e. The molecule has 28 heavy (non-hydrogen) atoms. The number of aliphatic imine (C=N–C) groups is 1. The molecule has 0 unspecified atom stereocenters. The van der Waals surface area contributed by atoms with Gasteiger partial charge in [-0.25, -0.2) is 0 Å². The Morgan fingerprint density at radius 2 is 1.43 bits per heavy atom. The monoisotopic (exact) mass is 379 g/mol. The van der Waals surface area contributed by atoms with Crippen molar-refractivity contribution in [3.05, 3.63) is 71.3 Å². The number of nitrogens with zero attached hydrogens (tertiary/aromatic N) is 3. The quantitative estimate of drug-likeness (QED) is 0.573. The van der Waals surface area contributed by atoms with E-state index in [4.69, 9.17) is 0 Å². The SMILES string of the molecule is CCN1CCN(Cc2ccccc2CNC(=NC)NCc2ccccc2)CC1. The second-order valence-electron chi connectivity index (χ2n) is 7.24. The zero-order valence-electron chi connectivity index (χ0n) is 17.2. The lowest BCUT2D eigenvalue weighted by Crippen LogP contribution is -2.45. The second-order valence-corrected chi connectivity index (χ2v) is 7.24. The number of rotatable bonds is 7. The summed E-state index contributed by atoms with van der Waals surface area (Å²) in [5, 5.41) is 6.85. The van der Waals surface area contributed by atoms with Crippen molar-refractivity contribution in [2.45, 2.75) is 26.6 Å². The van der Waals surface area contributed by atoms with Gasteiger partial charge in [-0.1, -0.05) is 61.5 Å². The minimum absolute atomic E-state index is 0.768. The van der Waals surface area contributed by atoms with Gasteiger partial charge in [-0.2, -0.15) is 0 Å². The summed E-state index contributed by atoms with van der Waals surface area (Å²) in [6.07, 6.45) is 0. The lowest BCUT2D eigenvalue weighted by Gasteiger charge is -2.34. The number of piperazine rings is 1. The normalized spacial score (nSPS) is 16.1. The molecule has 1 aliphatic heterocycles. The fourth-order valence-corrected chi connectivity index (χ4v) is 3.57. The van der Waals surface area contributed by atoms with Crippen molar-refractivity contribution < 1.29 is 0 Å². The summed E-state index contributed by atoms with van der Waals surface area (Å²) in [4.78, 5) is 9.44. The van der Waals surface area contributed by atoms with E-state index in [1.54, 1.807) is 0 Å². The first-order chi connectivity index (χ1) is 13.8. The van der Waals surface area contributed by atoms with Gasteiger partial charge in [-0.3, -0.25) is 9.89 Å².